The van der Waals surface area contributed by atoms with Crippen molar-refractivity contribution in [2.45, 2.75) is 12.3 Å². The van der Waals surface area contributed by atoms with Gasteiger partial charge in [-0.2, -0.15) is 0 Å². The fourth-order valence-electron chi connectivity index (χ4n) is 3.12. The van der Waals surface area contributed by atoms with Crippen molar-refractivity contribution >= 4 is 11.7 Å². The number of amides is 1. The van der Waals surface area contributed by atoms with Gasteiger partial charge in [0, 0.05) is 18.5 Å². The molecule has 0 unspecified atom stereocenters. The summed E-state index contributed by atoms with van der Waals surface area (Å²) in [5.74, 6) is 3.61. The molecule has 4 rings (SSSR count). The van der Waals surface area contributed by atoms with Gasteiger partial charge in [-0.25, -0.2) is 4.98 Å². The number of nitrogens with zero attached hydrogens (tertiary/aromatic N) is 3. The van der Waals surface area contributed by atoms with Crippen molar-refractivity contribution in [2.75, 3.05) is 11.9 Å². The summed E-state index contributed by atoms with van der Waals surface area (Å²) in [5.41, 5.74) is 2.63. The van der Waals surface area contributed by atoms with Crippen molar-refractivity contribution < 1.29 is 9.53 Å². The van der Waals surface area contributed by atoms with E-state index in [1.165, 1.54) is 0 Å². The van der Waals surface area contributed by atoms with E-state index in [9.17, 15) is 4.79 Å². The highest BCUT2D eigenvalue weighted by Gasteiger charge is 2.31. The van der Waals surface area contributed by atoms with E-state index in [2.05, 4.69) is 21.2 Å². The van der Waals surface area contributed by atoms with Crippen LogP contribution < -0.4 is 10.1 Å². The Balaban J connectivity index is 1.74. The van der Waals surface area contributed by atoms with E-state index in [1.807, 2.05) is 41.0 Å². The second kappa shape index (κ2) is 6.73. The molecule has 2 aromatic heterocycles. The number of ether oxygens (including phenoxy) is 1. The van der Waals surface area contributed by atoms with Gasteiger partial charge in [0.25, 0.3) is 0 Å². The average Bonchev–Trinajstić information content (AvgIpc) is 3.10. The van der Waals surface area contributed by atoms with Crippen LogP contribution >= 0.6 is 0 Å². The molecule has 1 aromatic carbocycles. The smallest absolute Gasteiger partial charge is 0.226 e. The second-order valence-corrected chi connectivity index (χ2v) is 5.93. The lowest BCUT2D eigenvalue weighted by Crippen LogP contribution is -2.25. The third-order valence-corrected chi connectivity index (χ3v) is 4.28. The normalized spacial score (nSPS) is 15.7. The number of imidazole rings is 1. The predicted octanol–water partition coefficient (Wildman–Crippen LogP) is 2.75. The second-order valence-electron chi connectivity index (χ2n) is 5.93. The van der Waals surface area contributed by atoms with Crippen LogP contribution in [0.5, 0.6) is 5.75 Å². The number of anilines is 1. The molecule has 3 aromatic rings. The zero-order chi connectivity index (χ0) is 17.9. The van der Waals surface area contributed by atoms with Crippen LogP contribution in [0.2, 0.25) is 0 Å². The SMILES string of the molecule is C#CCOc1cccc([C@H]2CC(=O)Nc3c2ncn3-c2cccnc2)c1. The molecule has 0 saturated carbocycles. The molecule has 0 saturated heterocycles. The van der Waals surface area contributed by atoms with Gasteiger partial charge in [0.05, 0.1) is 17.6 Å². The van der Waals surface area contributed by atoms with Crippen LogP contribution in [0, 0.1) is 12.3 Å². The maximum atomic E-state index is 12.3. The van der Waals surface area contributed by atoms with Gasteiger partial charge in [-0.3, -0.25) is 14.3 Å². The van der Waals surface area contributed by atoms with Crippen LogP contribution in [-0.2, 0) is 4.79 Å². The largest absolute Gasteiger partial charge is 0.481 e. The number of hydrogen-bond acceptors (Lipinski definition) is 4. The predicted molar refractivity (Wildman–Crippen MR) is 97.2 cm³/mol. The van der Waals surface area contributed by atoms with Gasteiger partial charge >= 0.3 is 0 Å². The molecule has 3 heterocycles. The van der Waals surface area contributed by atoms with E-state index in [-0.39, 0.29) is 18.4 Å². The van der Waals surface area contributed by atoms with Gasteiger partial charge in [-0.05, 0) is 29.8 Å². The molecule has 0 spiro atoms. The maximum Gasteiger partial charge on any atom is 0.226 e. The number of carbonyl (C=O) groups is 1. The van der Waals surface area contributed by atoms with Gasteiger partial charge in [-0.15, -0.1) is 6.42 Å². The molecular weight excluding hydrogens is 328 g/mol. The number of benzene rings is 1. The zero-order valence-electron chi connectivity index (χ0n) is 13.9. The summed E-state index contributed by atoms with van der Waals surface area (Å²) in [4.78, 5) is 21.0. The summed E-state index contributed by atoms with van der Waals surface area (Å²) in [6.07, 6.45) is 10.7. The lowest BCUT2D eigenvalue weighted by molar-refractivity contribution is -0.116. The van der Waals surface area contributed by atoms with Crippen LogP contribution in [0.1, 0.15) is 23.6 Å². The quantitative estimate of drug-likeness (QED) is 0.739. The number of rotatable bonds is 4. The van der Waals surface area contributed by atoms with E-state index in [0.717, 1.165) is 16.9 Å². The van der Waals surface area contributed by atoms with Crippen LogP contribution in [0.25, 0.3) is 5.69 Å². The minimum absolute atomic E-state index is 0.0527. The minimum Gasteiger partial charge on any atom is -0.481 e. The molecule has 1 amide bonds. The van der Waals surface area contributed by atoms with Crippen molar-refractivity contribution in [2.24, 2.45) is 0 Å². The summed E-state index contributed by atoms with van der Waals surface area (Å²) < 4.78 is 7.34. The standard InChI is InChI=1S/C20H16N4O2/c1-2-9-26-16-7-3-5-14(10-16)17-11-18(25)23-20-19(17)22-13-24(20)15-6-4-8-21-12-15/h1,3-8,10,12-13,17H,9,11H2,(H,23,25)/t17-/m1/s1. The van der Waals surface area contributed by atoms with Crippen LogP contribution in [-0.4, -0.2) is 27.0 Å². The average molecular weight is 344 g/mol. The third-order valence-electron chi connectivity index (χ3n) is 4.28. The zero-order valence-corrected chi connectivity index (χ0v) is 13.9. The first-order valence-corrected chi connectivity index (χ1v) is 8.20. The van der Waals surface area contributed by atoms with Crippen LogP contribution in [0.15, 0.2) is 55.1 Å². The molecule has 128 valence electrons. The highest BCUT2D eigenvalue weighted by Crippen LogP contribution is 2.38. The van der Waals surface area contributed by atoms with E-state index < -0.39 is 0 Å². The Morgan fingerprint density at radius 3 is 3.08 bits per heavy atom. The molecule has 0 radical (unpaired) electrons. The highest BCUT2D eigenvalue weighted by molar-refractivity contribution is 5.94. The van der Waals surface area contributed by atoms with E-state index in [1.54, 1.807) is 18.7 Å². The molecule has 1 aliphatic rings. The maximum absolute atomic E-state index is 12.3. The fraction of sp³-hybridized carbons (Fsp3) is 0.150. The minimum atomic E-state index is -0.147. The summed E-state index contributed by atoms with van der Waals surface area (Å²) >= 11 is 0. The number of terminal acetylenes is 1. The molecule has 0 fully saturated rings. The number of hydrogen-bond donors (Lipinski definition) is 1. The Bertz CT molecular complexity index is 989. The van der Waals surface area contributed by atoms with Crippen molar-refractivity contribution in [1.82, 2.24) is 14.5 Å². The Morgan fingerprint density at radius 1 is 1.35 bits per heavy atom. The molecule has 0 aliphatic carbocycles. The lowest BCUT2D eigenvalue weighted by Gasteiger charge is -2.23. The molecule has 1 atom stereocenters. The van der Waals surface area contributed by atoms with Crippen LogP contribution in [0.4, 0.5) is 5.82 Å². The first-order chi connectivity index (χ1) is 12.8. The number of carbonyl (C=O) groups excluding carboxylic acids is 1. The Morgan fingerprint density at radius 2 is 2.27 bits per heavy atom. The Kier molecular flexibility index (Phi) is 4.12. The Hall–Kier alpha value is -3.59. The van der Waals surface area contributed by atoms with Crippen molar-refractivity contribution in [3.8, 4) is 23.8 Å². The number of pyridine rings is 1. The molecule has 6 nitrogen and oxygen atoms in total. The Labute approximate surface area is 150 Å². The van der Waals surface area contributed by atoms with E-state index >= 15 is 0 Å². The van der Waals surface area contributed by atoms with Crippen molar-refractivity contribution in [1.29, 1.82) is 0 Å². The molecule has 1 aliphatic heterocycles. The first-order valence-electron chi connectivity index (χ1n) is 8.20. The van der Waals surface area contributed by atoms with Gasteiger partial charge in [0.1, 0.15) is 24.5 Å². The number of aromatic nitrogens is 3. The van der Waals surface area contributed by atoms with E-state index in [4.69, 9.17) is 11.2 Å². The summed E-state index contributed by atoms with van der Waals surface area (Å²) in [7, 11) is 0. The monoisotopic (exact) mass is 344 g/mol. The number of fused-ring (bicyclic) bond motifs is 1. The summed E-state index contributed by atoms with van der Waals surface area (Å²) in [6, 6.07) is 11.4. The molecular formula is C20H16N4O2. The van der Waals surface area contributed by atoms with Gasteiger partial charge < -0.3 is 10.1 Å². The third kappa shape index (κ3) is 2.91. The first kappa shape index (κ1) is 15.9. The number of nitrogens with one attached hydrogen (secondary N) is 1. The van der Waals surface area contributed by atoms with Gasteiger partial charge in [-0.1, -0.05) is 18.1 Å². The molecule has 26 heavy (non-hydrogen) atoms. The van der Waals surface area contributed by atoms with Gasteiger partial charge in [0.2, 0.25) is 5.91 Å². The van der Waals surface area contributed by atoms with Crippen molar-refractivity contribution in [3.63, 3.8) is 0 Å². The topological polar surface area (TPSA) is 69.0 Å². The summed E-state index contributed by atoms with van der Waals surface area (Å²) in [5, 5.41) is 2.93. The van der Waals surface area contributed by atoms with E-state index in [0.29, 0.717) is 18.0 Å². The van der Waals surface area contributed by atoms with Gasteiger partial charge in [0.15, 0.2) is 0 Å². The van der Waals surface area contributed by atoms with Crippen LogP contribution in [0.3, 0.4) is 0 Å². The molecule has 0 bridgehead atoms. The summed E-state index contributed by atoms with van der Waals surface area (Å²) in [6.45, 7) is 0.204. The molecule has 6 heteroatoms. The molecule has 1 N–H and O–H groups in total. The fourth-order valence-corrected chi connectivity index (χ4v) is 3.12. The lowest BCUT2D eigenvalue weighted by atomic mass is 9.89. The van der Waals surface area contributed by atoms with Crippen molar-refractivity contribution in [3.05, 3.63) is 66.4 Å². The highest BCUT2D eigenvalue weighted by atomic mass is 16.5.